The Morgan fingerprint density at radius 2 is 2.16 bits per heavy atom. The smallest absolute Gasteiger partial charge is 0.422 e. The number of amides is 1. The van der Waals surface area contributed by atoms with Gasteiger partial charge in [0.2, 0.25) is 5.91 Å². The molecular weight excluding hydrogens is 333 g/mol. The summed E-state index contributed by atoms with van der Waals surface area (Å²) in [5, 5.41) is 6.13. The quantitative estimate of drug-likeness (QED) is 0.787. The van der Waals surface area contributed by atoms with Crippen molar-refractivity contribution in [1.29, 1.82) is 0 Å². The lowest BCUT2D eigenvalue weighted by Gasteiger charge is -2.28. The molecule has 25 heavy (non-hydrogen) atoms. The molecule has 0 aliphatic carbocycles. The Bertz CT molecular complexity index is 557. The van der Waals surface area contributed by atoms with E-state index in [1.54, 1.807) is 18.2 Å². The zero-order valence-corrected chi connectivity index (χ0v) is 14.4. The number of nitrogens with one attached hydrogen (secondary N) is 2. The summed E-state index contributed by atoms with van der Waals surface area (Å²) in [6.07, 6.45) is -1.73. The van der Waals surface area contributed by atoms with Gasteiger partial charge in [0.15, 0.2) is 6.61 Å². The molecule has 1 fully saturated rings. The summed E-state index contributed by atoms with van der Waals surface area (Å²) in [4.78, 5) is 12.1. The fourth-order valence-electron chi connectivity index (χ4n) is 3.04. The van der Waals surface area contributed by atoms with E-state index in [2.05, 4.69) is 17.6 Å². The molecule has 2 atom stereocenters. The largest absolute Gasteiger partial charge is 0.484 e. The Labute approximate surface area is 146 Å². The van der Waals surface area contributed by atoms with Gasteiger partial charge < -0.3 is 15.4 Å². The Balaban J connectivity index is 1.82. The van der Waals surface area contributed by atoms with Gasteiger partial charge >= 0.3 is 6.18 Å². The zero-order valence-electron chi connectivity index (χ0n) is 14.4. The maximum atomic E-state index is 12.3. The monoisotopic (exact) mass is 358 g/mol. The number of carbonyl (C=O) groups excluding carboxylic acids is 1. The van der Waals surface area contributed by atoms with Crippen molar-refractivity contribution in [3.05, 3.63) is 29.8 Å². The minimum atomic E-state index is -4.39. The number of benzene rings is 1. The molecule has 2 rings (SSSR count). The topological polar surface area (TPSA) is 50.4 Å². The van der Waals surface area contributed by atoms with Crippen molar-refractivity contribution in [3.63, 3.8) is 0 Å². The molecule has 2 unspecified atom stereocenters. The average molecular weight is 358 g/mol. The van der Waals surface area contributed by atoms with Crippen LogP contribution in [0.4, 0.5) is 13.2 Å². The fraction of sp³-hybridized carbons (Fsp3) is 0.611. The maximum absolute atomic E-state index is 12.3. The van der Waals surface area contributed by atoms with Crippen molar-refractivity contribution in [2.24, 2.45) is 11.8 Å². The molecule has 140 valence electrons. The minimum absolute atomic E-state index is 0.0938. The summed E-state index contributed by atoms with van der Waals surface area (Å²) in [5.41, 5.74) is 0.534. The second-order valence-corrected chi connectivity index (χ2v) is 6.58. The summed E-state index contributed by atoms with van der Waals surface area (Å²) < 4.78 is 41.7. The van der Waals surface area contributed by atoms with E-state index >= 15 is 0 Å². The molecular formula is C18H25F3N2O2. The Morgan fingerprint density at radius 3 is 2.84 bits per heavy atom. The van der Waals surface area contributed by atoms with Crippen LogP contribution in [0.15, 0.2) is 24.3 Å². The van der Waals surface area contributed by atoms with E-state index < -0.39 is 12.8 Å². The number of carbonyl (C=O) groups is 1. The Kier molecular flexibility index (Phi) is 7.11. The van der Waals surface area contributed by atoms with Crippen LogP contribution in [0, 0.1) is 11.8 Å². The number of hydrogen-bond donors (Lipinski definition) is 2. The van der Waals surface area contributed by atoms with Gasteiger partial charge in [0, 0.05) is 18.5 Å². The molecule has 4 nitrogen and oxygen atoms in total. The molecule has 1 aliphatic rings. The van der Waals surface area contributed by atoms with Gasteiger partial charge in [0.1, 0.15) is 5.75 Å². The molecule has 0 aromatic heterocycles. The van der Waals surface area contributed by atoms with Crippen LogP contribution in [-0.2, 0) is 11.3 Å². The molecule has 0 bridgehead atoms. The number of piperidine rings is 1. The van der Waals surface area contributed by atoms with Crippen molar-refractivity contribution in [2.45, 2.75) is 38.9 Å². The number of rotatable bonds is 7. The van der Waals surface area contributed by atoms with E-state index in [1.807, 2.05) is 0 Å². The molecule has 7 heteroatoms. The second kappa shape index (κ2) is 9.08. The first-order valence-electron chi connectivity index (χ1n) is 8.60. The lowest BCUT2D eigenvalue weighted by Crippen LogP contribution is -2.35. The van der Waals surface area contributed by atoms with E-state index in [9.17, 15) is 18.0 Å². The van der Waals surface area contributed by atoms with Crippen LogP contribution in [0.5, 0.6) is 5.75 Å². The molecule has 0 radical (unpaired) electrons. The van der Waals surface area contributed by atoms with E-state index in [0.29, 0.717) is 17.9 Å². The molecule has 0 spiro atoms. The predicted molar refractivity (Wildman–Crippen MR) is 89.2 cm³/mol. The highest BCUT2D eigenvalue weighted by molar-refractivity contribution is 5.76. The van der Waals surface area contributed by atoms with Crippen molar-refractivity contribution >= 4 is 5.91 Å². The van der Waals surface area contributed by atoms with Crippen molar-refractivity contribution in [3.8, 4) is 5.75 Å². The first-order chi connectivity index (χ1) is 11.8. The second-order valence-electron chi connectivity index (χ2n) is 6.58. The van der Waals surface area contributed by atoms with Gasteiger partial charge in [-0.05, 0) is 43.8 Å². The van der Waals surface area contributed by atoms with Crippen LogP contribution in [0.1, 0.15) is 31.7 Å². The first kappa shape index (κ1) is 19.6. The Hall–Kier alpha value is -1.76. The van der Waals surface area contributed by atoms with Gasteiger partial charge in [-0.1, -0.05) is 25.1 Å². The molecule has 1 aromatic rings. The number of para-hydroxylation sites is 1. The molecule has 1 saturated heterocycles. The van der Waals surface area contributed by atoms with Gasteiger partial charge in [-0.15, -0.1) is 0 Å². The highest BCUT2D eigenvalue weighted by atomic mass is 19.4. The number of halogens is 3. The van der Waals surface area contributed by atoms with Crippen molar-refractivity contribution < 1.29 is 22.7 Å². The molecule has 1 amide bonds. The summed E-state index contributed by atoms with van der Waals surface area (Å²) in [6.45, 7) is 2.84. The lowest BCUT2D eigenvalue weighted by molar-refractivity contribution is -0.153. The molecule has 1 aromatic carbocycles. The minimum Gasteiger partial charge on any atom is -0.484 e. The number of hydrogen-bond acceptors (Lipinski definition) is 3. The maximum Gasteiger partial charge on any atom is 0.422 e. The lowest BCUT2D eigenvalue weighted by atomic mass is 9.85. The van der Waals surface area contributed by atoms with Gasteiger partial charge in [-0.25, -0.2) is 0 Å². The van der Waals surface area contributed by atoms with Gasteiger partial charge in [0.05, 0.1) is 0 Å². The van der Waals surface area contributed by atoms with Crippen LogP contribution in [0.3, 0.4) is 0 Å². The van der Waals surface area contributed by atoms with Crippen LogP contribution < -0.4 is 15.4 Å². The third-order valence-corrected chi connectivity index (χ3v) is 4.49. The van der Waals surface area contributed by atoms with E-state index in [4.69, 9.17) is 4.74 Å². The summed E-state index contributed by atoms with van der Waals surface area (Å²) in [7, 11) is 0. The highest BCUT2D eigenvalue weighted by Crippen LogP contribution is 2.24. The Morgan fingerprint density at radius 1 is 1.40 bits per heavy atom. The van der Waals surface area contributed by atoms with E-state index in [0.717, 1.165) is 25.9 Å². The summed E-state index contributed by atoms with van der Waals surface area (Å²) >= 11 is 0. The van der Waals surface area contributed by atoms with Crippen molar-refractivity contribution in [1.82, 2.24) is 10.6 Å². The third-order valence-electron chi connectivity index (χ3n) is 4.49. The van der Waals surface area contributed by atoms with Gasteiger partial charge in [-0.2, -0.15) is 13.2 Å². The van der Waals surface area contributed by atoms with E-state index in [1.165, 1.54) is 6.07 Å². The molecule has 1 aliphatic heterocycles. The van der Waals surface area contributed by atoms with Gasteiger partial charge in [0.25, 0.3) is 0 Å². The molecule has 1 heterocycles. The summed E-state index contributed by atoms with van der Waals surface area (Å²) in [5.74, 6) is 0.805. The SMILES string of the molecule is CC(CC(=O)NCc1ccccc1OCC(F)(F)F)C1CCCNC1. The van der Waals surface area contributed by atoms with Crippen LogP contribution >= 0.6 is 0 Å². The number of ether oxygens (including phenoxy) is 1. The van der Waals surface area contributed by atoms with Crippen LogP contribution in [0.25, 0.3) is 0 Å². The van der Waals surface area contributed by atoms with Crippen LogP contribution in [-0.4, -0.2) is 31.8 Å². The van der Waals surface area contributed by atoms with Crippen molar-refractivity contribution in [2.75, 3.05) is 19.7 Å². The summed E-state index contributed by atoms with van der Waals surface area (Å²) in [6, 6.07) is 6.44. The standard InChI is InChI=1S/C18H25F3N2O2/c1-13(14-6-4-8-22-10-14)9-17(24)23-11-15-5-2-3-7-16(15)25-12-18(19,20)21/h2-3,5,7,13-14,22H,4,6,8-12H2,1H3,(H,23,24). The molecule has 2 N–H and O–H groups in total. The molecule has 0 saturated carbocycles. The van der Waals surface area contributed by atoms with E-state index in [-0.39, 0.29) is 24.1 Å². The average Bonchev–Trinajstić information content (AvgIpc) is 2.59. The van der Waals surface area contributed by atoms with Crippen LogP contribution in [0.2, 0.25) is 0 Å². The third kappa shape index (κ3) is 6.94. The zero-order chi connectivity index (χ0) is 18.3. The fourth-order valence-corrected chi connectivity index (χ4v) is 3.04. The predicted octanol–water partition coefficient (Wildman–Crippen LogP) is 3.27. The first-order valence-corrected chi connectivity index (χ1v) is 8.60. The van der Waals surface area contributed by atoms with Gasteiger partial charge in [-0.3, -0.25) is 4.79 Å². The number of alkyl halides is 3. The normalized spacial score (nSPS) is 19.3. The highest BCUT2D eigenvalue weighted by Gasteiger charge is 2.28.